The predicted molar refractivity (Wildman–Crippen MR) is 182 cm³/mol. The number of aromatic nitrogens is 1. The summed E-state index contributed by atoms with van der Waals surface area (Å²) in [6.07, 6.45) is 7.30. The van der Waals surface area contributed by atoms with Gasteiger partial charge in [-0.3, -0.25) is 9.78 Å². The second-order valence-corrected chi connectivity index (χ2v) is 14.0. The highest BCUT2D eigenvalue weighted by Crippen LogP contribution is 2.55. The first-order valence-electron chi connectivity index (χ1n) is 16.9. The summed E-state index contributed by atoms with van der Waals surface area (Å²) in [7, 11) is 0. The number of nitrogens with zero attached hydrogens (tertiary/aromatic N) is 1. The van der Waals surface area contributed by atoms with Gasteiger partial charge < -0.3 is 30.3 Å². The largest absolute Gasteiger partial charge is 0.490 e. The molecule has 0 saturated heterocycles. The van der Waals surface area contributed by atoms with Gasteiger partial charge in [0, 0.05) is 48.3 Å². The first kappa shape index (κ1) is 35.5. The van der Waals surface area contributed by atoms with Crippen LogP contribution in [0, 0.1) is 5.92 Å². The summed E-state index contributed by atoms with van der Waals surface area (Å²) in [5, 5.41) is 49.2. The Morgan fingerprint density at radius 3 is 2.49 bits per heavy atom. The number of para-hydroxylation sites is 1. The Bertz CT molecular complexity index is 1490. The average Bonchev–Trinajstić information content (AvgIpc) is 4.03. The van der Waals surface area contributed by atoms with Crippen molar-refractivity contribution in [3.8, 4) is 16.9 Å². The van der Waals surface area contributed by atoms with Crippen molar-refractivity contribution in [3.63, 3.8) is 0 Å². The van der Waals surface area contributed by atoms with Crippen molar-refractivity contribution in [3.05, 3.63) is 82.6 Å². The van der Waals surface area contributed by atoms with E-state index < -0.39 is 37.4 Å². The SMILES string of the molecule is CC(CCCC(=O)C[C@@H](CO)[C@@H](O)[C@H](O)[C@H](O)CO)c1ccc(Cl)c(CCC2(c3cnccc3-c3ccccc3OC3CC3)CC2)c1. The van der Waals surface area contributed by atoms with Gasteiger partial charge >= 0.3 is 0 Å². The molecule has 2 saturated carbocycles. The summed E-state index contributed by atoms with van der Waals surface area (Å²) < 4.78 is 6.27. The molecular formula is C38H48ClNO7. The van der Waals surface area contributed by atoms with Gasteiger partial charge in [0.15, 0.2) is 0 Å². The highest BCUT2D eigenvalue weighted by Gasteiger charge is 2.45. The minimum Gasteiger partial charge on any atom is -0.490 e. The molecule has 2 aromatic carbocycles. The van der Waals surface area contributed by atoms with E-state index in [0.29, 0.717) is 12.5 Å². The number of halogens is 1. The Morgan fingerprint density at radius 2 is 1.79 bits per heavy atom. The second-order valence-electron chi connectivity index (χ2n) is 13.6. The second kappa shape index (κ2) is 16.0. The summed E-state index contributed by atoms with van der Waals surface area (Å²) in [5.41, 5.74) is 5.91. The van der Waals surface area contributed by atoms with Crippen molar-refractivity contribution in [2.24, 2.45) is 5.92 Å². The van der Waals surface area contributed by atoms with Crippen LogP contribution in [0.5, 0.6) is 5.75 Å². The number of carbonyl (C=O) groups excluding carboxylic acids is 1. The Labute approximate surface area is 282 Å². The lowest BCUT2D eigenvalue weighted by Crippen LogP contribution is -2.45. The van der Waals surface area contributed by atoms with Crippen LogP contribution in [-0.2, 0) is 16.6 Å². The van der Waals surface area contributed by atoms with Gasteiger partial charge in [-0.05, 0) is 103 Å². The van der Waals surface area contributed by atoms with Gasteiger partial charge in [0.05, 0.1) is 18.8 Å². The topological polar surface area (TPSA) is 140 Å². The molecule has 1 unspecified atom stereocenters. The number of carbonyl (C=O) groups is 1. The van der Waals surface area contributed by atoms with Crippen molar-refractivity contribution in [2.45, 2.75) is 107 Å². The quantitative estimate of drug-likeness (QED) is 0.113. The Balaban J connectivity index is 1.18. The number of aliphatic hydroxyl groups is 5. The van der Waals surface area contributed by atoms with Crippen LogP contribution < -0.4 is 4.74 Å². The van der Waals surface area contributed by atoms with Crippen LogP contribution in [-0.4, -0.2) is 73.9 Å². The molecule has 5 N–H and O–H groups in total. The summed E-state index contributed by atoms with van der Waals surface area (Å²) >= 11 is 6.72. The number of pyridine rings is 1. The highest BCUT2D eigenvalue weighted by atomic mass is 35.5. The molecule has 0 radical (unpaired) electrons. The molecule has 1 aromatic heterocycles. The zero-order chi connectivity index (χ0) is 33.6. The molecule has 2 aliphatic carbocycles. The Hall–Kier alpha value is -2.85. The molecular weight excluding hydrogens is 618 g/mol. The van der Waals surface area contributed by atoms with Crippen molar-refractivity contribution < 1.29 is 35.1 Å². The van der Waals surface area contributed by atoms with Crippen molar-refractivity contribution >= 4 is 17.4 Å². The Morgan fingerprint density at radius 1 is 1.02 bits per heavy atom. The number of aryl methyl sites for hydroxylation is 1. The lowest BCUT2D eigenvalue weighted by molar-refractivity contribution is -0.127. The summed E-state index contributed by atoms with van der Waals surface area (Å²) in [6, 6.07) is 16.6. The molecule has 3 aromatic rings. The molecule has 2 fully saturated rings. The number of rotatable bonds is 19. The third-order valence-electron chi connectivity index (χ3n) is 9.98. The molecule has 0 amide bonds. The van der Waals surface area contributed by atoms with Crippen LogP contribution in [0.3, 0.4) is 0 Å². The molecule has 0 spiro atoms. The van der Waals surface area contributed by atoms with Crippen LogP contribution in [0.1, 0.15) is 87.3 Å². The maximum absolute atomic E-state index is 12.6. The predicted octanol–water partition coefficient (Wildman–Crippen LogP) is 5.52. The molecule has 0 bridgehead atoms. The fraction of sp³-hybridized carbons (Fsp3) is 0.526. The molecule has 9 heteroatoms. The van der Waals surface area contributed by atoms with Crippen LogP contribution in [0.4, 0.5) is 0 Å². The van der Waals surface area contributed by atoms with Crippen molar-refractivity contribution in [1.82, 2.24) is 4.98 Å². The van der Waals surface area contributed by atoms with E-state index in [4.69, 9.17) is 21.4 Å². The lowest BCUT2D eigenvalue weighted by atomic mass is 9.84. The number of ketones is 1. The van der Waals surface area contributed by atoms with Gasteiger partial charge in [-0.15, -0.1) is 0 Å². The lowest BCUT2D eigenvalue weighted by Gasteiger charge is -2.27. The molecule has 2 aliphatic rings. The van der Waals surface area contributed by atoms with Gasteiger partial charge in [-0.2, -0.15) is 0 Å². The standard InChI is InChI=1S/C38H48ClNO7/c1-24(5-4-6-28(43)20-27(22-41)36(45)37(46)34(44)23-42)25-9-12-33(39)26(19-25)13-15-38(16-17-38)32-21-40-18-14-30(32)31-7-2-3-8-35(31)47-29-10-11-29/h2-3,7-9,12,14,18-19,21,24,27,29,34,36-37,41-42,44-46H,4-6,10-11,13,15-17,20,22-23H2,1H3/t24?,27-,34+,36+,37+/m0/s1. The van der Waals surface area contributed by atoms with E-state index in [1.165, 1.54) is 16.7 Å². The number of hydrogen-bond donors (Lipinski definition) is 5. The summed E-state index contributed by atoms with van der Waals surface area (Å²) in [5.74, 6) is 0.0804. The number of Topliss-reactive ketones (excluding diaryl/α,β-unsaturated/α-hetero) is 1. The normalized spacial score (nSPS) is 18.6. The molecule has 47 heavy (non-hydrogen) atoms. The molecule has 254 valence electrons. The van der Waals surface area contributed by atoms with Crippen LogP contribution in [0.2, 0.25) is 5.02 Å². The summed E-state index contributed by atoms with van der Waals surface area (Å²) in [6.45, 7) is 0.888. The fourth-order valence-corrected chi connectivity index (χ4v) is 6.77. The van der Waals surface area contributed by atoms with E-state index in [9.17, 15) is 25.2 Å². The highest BCUT2D eigenvalue weighted by molar-refractivity contribution is 6.31. The number of hydrogen-bond acceptors (Lipinski definition) is 8. The molecule has 0 aliphatic heterocycles. The number of aliphatic hydroxyl groups excluding tert-OH is 5. The monoisotopic (exact) mass is 665 g/mol. The van der Waals surface area contributed by atoms with Crippen LogP contribution in [0.25, 0.3) is 11.1 Å². The third kappa shape index (κ3) is 8.99. The zero-order valence-corrected chi connectivity index (χ0v) is 27.9. The average molecular weight is 666 g/mol. The van der Waals surface area contributed by atoms with E-state index >= 15 is 0 Å². The molecule has 5 atom stereocenters. The maximum Gasteiger partial charge on any atom is 0.133 e. The van der Waals surface area contributed by atoms with E-state index in [1.807, 2.05) is 30.6 Å². The number of benzene rings is 2. The van der Waals surface area contributed by atoms with E-state index in [2.05, 4.69) is 42.2 Å². The van der Waals surface area contributed by atoms with E-state index in [1.54, 1.807) is 0 Å². The van der Waals surface area contributed by atoms with Crippen LogP contribution in [0.15, 0.2) is 60.9 Å². The molecule has 1 heterocycles. The van der Waals surface area contributed by atoms with Crippen LogP contribution >= 0.6 is 11.6 Å². The number of ether oxygens (including phenoxy) is 1. The van der Waals surface area contributed by atoms with E-state index in [0.717, 1.165) is 66.8 Å². The smallest absolute Gasteiger partial charge is 0.133 e. The fourth-order valence-electron chi connectivity index (χ4n) is 6.56. The maximum atomic E-state index is 12.6. The minimum atomic E-state index is -1.64. The van der Waals surface area contributed by atoms with Crippen molar-refractivity contribution in [1.29, 1.82) is 0 Å². The summed E-state index contributed by atoms with van der Waals surface area (Å²) in [4.78, 5) is 17.2. The molecule has 5 rings (SSSR count). The van der Waals surface area contributed by atoms with E-state index in [-0.39, 0.29) is 30.0 Å². The molecule has 8 nitrogen and oxygen atoms in total. The van der Waals surface area contributed by atoms with Crippen molar-refractivity contribution in [2.75, 3.05) is 13.2 Å². The third-order valence-corrected chi connectivity index (χ3v) is 10.4. The van der Waals surface area contributed by atoms with Gasteiger partial charge in [-0.25, -0.2) is 0 Å². The minimum absolute atomic E-state index is 0.0494. The first-order chi connectivity index (χ1) is 22.7. The first-order valence-corrected chi connectivity index (χ1v) is 17.3. The van der Waals surface area contributed by atoms with Gasteiger partial charge in [-0.1, -0.05) is 48.9 Å². The Kier molecular flexibility index (Phi) is 12.1. The zero-order valence-electron chi connectivity index (χ0n) is 27.1. The van der Waals surface area contributed by atoms with Gasteiger partial charge in [0.1, 0.15) is 23.7 Å². The van der Waals surface area contributed by atoms with Gasteiger partial charge in [0.25, 0.3) is 0 Å². The van der Waals surface area contributed by atoms with Gasteiger partial charge in [0.2, 0.25) is 0 Å².